The molecule has 0 amide bonds. The zero-order chi connectivity index (χ0) is 16.4. The highest BCUT2D eigenvalue weighted by atomic mass is 16.6. The highest BCUT2D eigenvalue weighted by Crippen LogP contribution is 2.45. The van der Waals surface area contributed by atoms with Crippen LogP contribution < -0.4 is 0 Å². The molecule has 1 aromatic rings. The van der Waals surface area contributed by atoms with Crippen molar-refractivity contribution in [3.63, 3.8) is 0 Å². The maximum absolute atomic E-state index is 12.6. The molecule has 1 saturated carbocycles. The van der Waals surface area contributed by atoms with E-state index < -0.39 is 17.5 Å². The first kappa shape index (κ1) is 16.5. The maximum Gasteiger partial charge on any atom is 0.339 e. The van der Waals surface area contributed by atoms with E-state index in [1.165, 1.54) is 12.1 Å². The maximum atomic E-state index is 12.6. The number of aromatic carboxylic acids is 1. The zero-order valence-electron chi connectivity index (χ0n) is 13.5. The molecule has 0 aliphatic heterocycles. The Balaban J connectivity index is 2.32. The highest BCUT2D eigenvalue weighted by Gasteiger charge is 2.46. The Morgan fingerprint density at radius 2 is 1.59 bits per heavy atom. The Morgan fingerprint density at radius 3 is 2.09 bits per heavy atom. The van der Waals surface area contributed by atoms with E-state index in [-0.39, 0.29) is 16.5 Å². The number of carbonyl (C=O) groups is 2. The summed E-state index contributed by atoms with van der Waals surface area (Å²) < 4.78 is 5.92. The molecule has 0 heterocycles. The van der Waals surface area contributed by atoms with Gasteiger partial charge in [0.2, 0.25) is 0 Å². The summed E-state index contributed by atoms with van der Waals surface area (Å²) in [5.74, 6) is -1.64. The van der Waals surface area contributed by atoms with Gasteiger partial charge in [0.05, 0.1) is 11.1 Å². The Kier molecular flexibility index (Phi) is 4.59. The standard InChI is InChI=1S/C18H24O4/c1-17(2,3)18(11-7-4-8-12-18)22-16(21)14-10-6-5-9-13(14)15(19)20/h5-6,9-10H,4,7-8,11-12H2,1-3H3,(H,19,20). The predicted octanol–water partition coefficient (Wildman–Crippen LogP) is 4.29. The molecule has 4 heteroatoms. The minimum absolute atomic E-state index is 0.00707. The van der Waals surface area contributed by atoms with Crippen molar-refractivity contribution in [3.8, 4) is 0 Å². The molecule has 2 rings (SSSR count). The molecular weight excluding hydrogens is 280 g/mol. The summed E-state index contributed by atoms with van der Waals surface area (Å²) in [6.07, 6.45) is 4.88. The van der Waals surface area contributed by atoms with Crippen molar-refractivity contribution in [1.29, 1.82) is 0 Å². The number of esters is 1. The number of benzene rings is 1. The largest absolute Gasteiger partial charge is 0.478 e. The van der Waals surface area contributed by atoms with E-state index >= 15 is 0 Å². The van der Waals surface area contributed by atoms with Gasteiger partial charge in [0.25, 0.3) is 0 Å². The van der Waals surface area contributed by atoms with Gasteiger partial charge in [0.15, 0.2) is 0 Å². The molecule has 1 N–H and O–H groups in total. The van der Waals surface area contributed by atoms with Gasteiger partial charge in [0, 0.05) is 5.41 Å². The average molecular weight is 304 g/mol. The minimum atomic E-state index is -1.11. The van der Waals surface area contributed by atoms with Crippen LogP contribution in [0.5, 0.6) is 0 Å². The second-order valence-corrected chi connectivity index (χ2v) is 7.05. The fourth-order valence-electron chi connectivity index (χ4n) is 3.21. The van der Waals surface area contributed by atoms with Crippen LogP contribution in [0.2, 0.25) is 0 Å². The van der Waals surface area contributed by atoms with Crippen LogP contribution in [0.4, 0.5) is 0 Å². The molecular formula is C18H24O4. The lowest BCUT2D eigenvalue weighted by molar-refractivity contribution is -0.100. The van der Waals surface area contributed by atoms with Crippen molar-refractivity contribution < 1.29 is 19.4 Å². The number of carboxylic acids is 1. The van der Waals surface area contributed by atoms with Crippen LogP contribution in [0.3, 0.4) is 0 Å². The summed E-state index contributed by atoms with van der Waals surface area (Å²) in [5.41, 5.74) is -0.577. The smallest absolute Gasteiger partial charge is 0.339 e. The Bertz CT molecular complexity index is 563. The minimum Gasteiger partial charge on any atom is -0.478 e. The van der Waals surface area contributed by atoms with Gasteiger partial charge in [-0.15, -0.1) is 0 Å². The molecule has 0 unspecified atom stereocenters. The van der Waals surface area contributed by atoms with Gasteiger partial charge in [-0.05, 0) is 37.8 Å². The topological polar surface area (TPSA) is 63.6 Å². The SMILES string of the molecule is CC(C)(C)C1(OC(=O)c2ccccc2C(=O)O)CCCCC1. The lowest BCUT2D eigenvalue weighted by atomic mass is 9.68. The quantitative estimate of drug-likeness (QED) is 0.846. The fraction of sp³-hybridized carbons (Fsp3) is 0.556. The van der Waals surface area contributed by atoms with E-state index in [4.69, 9.17) is 4.74 Å². The van der Waals surface area contributed by atoms with Crippen LogP contribution in [0.15, 0.2) is 24.3 Å². The van der Waals surface area contributed by atoms with Crippen molar-refractivity contribution >= 4 is 11.9 Å². The molecule has 0 bridgehead atoms. The van der Waals surface area contributed by atoms with Crippen LogP contribution in [0, 0.1) is 5.41 Å². The molecule has 1 aliphatic rings. The van der Waals surface area contributed by atoms with E-state index in [9.17, 15) is 14.7 Å². The van der Waals surface area contributed by atoms with Crippen molar-refractivity contribution in [2.45, 2.75) is 58.5 Å². The number of carbonyl (C=O) groups excluding carboxylic acids is 1. The molecule has 1 aliphatic carbocycles. The molecule has 0 aromatic heterocycles. The molecule has 0 saturated heterocycles. The van der Waals surface area contributed by atoms with Gasteiger partial charge in [0.1, 0.15) is 5.60 Å². The van der Waals surface area contributed by atoms with E-state index in [1.54, 1.807) is 12.1 Å². The number of ether oxygens (including phenoxy) is 1. The lowest BCUT2D eigenvalue weighted by Crippen LogP contribution is -2.48. The first-order valence-electron chi connectivity index (χ1n) is 7.82. The third kappa shape index (κ3) is 3.16. The number of hydrogen-bond donors (Lipinski definition) is 1. The molecule has 0 atom stereocenters. The lowest BCUT2D eigenvalue weighted by Gasteiger charge is -2.46. The van der Waals surface area contributed by atoms with E-state index in [2.05, 4.69) is 20.8 Å². The van der Waals surface area contributed by atoms with Gasteiger partial charge in [-0.1, -0.05) is 39.3 Å². The second-order valence-electron chi connectivity index (χ2n) is 7.05. The second kappa shape index (κ2) is 6.11. The first-order chi connectivity index (χ1) is 10.3. The number of rotatable bonds is 3. The molecule has 0 radical (unpaired) electrons. The van der Waals surface area contributed by atoms with Crippen molar-refractivity contribution in [2.75, 3.05) is 0 Å². The molecule has 120 valence electrons. The summed E-state index contributed by atoms with van der Waals surface area (Å²) >= 11 is 0. The van der Waals surface area contributed by atoms with E-state index in [1.807, 2.05) is 0 Å². The van der Waals surface area contributed by atoms with Crippen LogP contribution >= 0.6 is 0 Å². The number of hydrogen-bond acceptors (Lipinski definition) is 3. The molecule has 0 spiro atoms. The predicted molar refractivity (Wildman–Crippen MR) is 84.1 cm³/mol. The molecule has 4 nitrogen and oxygen atoms in total. The molecule has 1 aromatic carbocycles. The Morgan fingerprint density at radius 1 is 1.05 bits per heavy atom. The molecule has 22 heavy (non-hydrogen) atoms. The normalized spacial score (nSPS) is 17.8. The summed E-state index contributed by atoms with van der Waals surface area (Å²) in [7, 11) is 0. The third-order valence-electron chi connectivity index (χ3n) is 4.69. The highest BCUT2D eigenvalue weighted by molar-refractivity contribution is 6.02. The third-order valence-corrected chi connectivity index (χ3v) is 4.69. The average Bonchev–Trinajstić information content (AvgIpc) is 2.47. The van der Waals surface area contributed by atoms with Crippen LogP contribution in [0.1, 0.15) is 73.6 Å². The van der Waals surface area contributed by atoms with Crippen LogP contribution in [0.25, 0.3) is 0 Å². The van der Waals surface area contributed by atoms with Crippen LogP contribution in [-0.4, -0.2) is 22.6 Å². The Labute approximate surface area is 131 Å². The fourth-order valence-corrected chi connectivity index (χ4v) is 3.21. The monoisotopic (exact) mass is 304 g/mol. The van der Waals surface area contributed by atoms with Gasteiger partial charge < -0.3 is 9.84 Å². The van der Waals surface area contributed by atoms with Crippen molar-refractivity contribution in [2.24, 2.45) is 5.41 Å². The van der Waals surface area contributed by atoms with Gasteiger partial charge >= 0.3 is 11.9 Å². The summed E-state index contributed by atoms with van der Waals surface area (Å²) in [6.45, 7) is 6.23. The van der Waals surface area contributed by atoms with Crippen molar-refractivity contribution in [3.05, 3.63) is 35.4 Å². The summed E-state index contributed by atoms with van der Waals surface area (Å²) in [5, 5.41) is 9.24. The van der Waals surface area contributed by atoms with Gasteiger partial charge in [-0.2, -0.15) is 0 Å². The van der Waals surface area contributed by atoms with Crippen LogP contribution in [-0.2, 0) is 4.74 Å². The van der Waals surface area contributed by atoms with E-state index in [0.29, 0.717) is 0 Å². The summed E-state index contributed by atoms with van der Waals surface area (Å²) in [6, 6.07) is 6.22. The first-order valence-corrected chi connectivity index (χ1v) is 7.82. The van der Waals surface area contributed by atoms with Gasteiger partial charge in [-0.25, -0.2) is 9.59 Å². The number of carboxylic acid groups (broad SMARTS) is 1. The zero-order valence-corrected chi connectivity index (χ0v) is 13.5. The van der Waals surface area contributed by atoms with Gasteiger partial charge in [-0.3, -0.25) is 0 Å². The van der Waals surface area contributed by atoms with Crippen molar-refractivity contribution in [1.82, 2.24) is 0 Å². The van der Waals surface area contributed by atoms with E-state index in [0.717, 1.165) is 32.1 Å². The molecule has 1 fully saturated rings. The Hall–Kier alpha value is -1.84. The summed E-state index contributed by atoms with van der Waals surface area (Å²) in [4.78, 5) is 23.9.